The molecule has 33 heavy (non-hydrogen) atoms. The van der Waals surface area contributed by atoms with Crippen LogP contribution in [0.1, 0.15) is 25.3 Å². The van der Waals surface area contributed by atoms with E-state index in [-0.39, 0.29) is 18.2 Å². The molecule has 172 valence electrons. The Labute approximate surface area is 191 Å². The molecule has 1 saturated heterocycles. The van der Waals surface area contributed by atoms with E-state index in [4.69, 9.17) is 9.57 Å². The van der Waals surface area contributed by atoms with Gasteiger partial charge >= 0.3 is 5.91 Å². The minimum Gasteiger partial charge on any atom is -0.497 e. The highest BCUT2D eigenvalue weighted by molar-refractivity contribution is 5.98. The first-order chi connectivity index (χ1) is 16.1. The zero-order valence-corrected chi connectivity index (χ0v) is 18.8. The van der Waals surface area contributed by atoms with Crippen molar-refractivity contribution >= 4 is 28.2 Å². The van der Waals surface area contributed by atoms with Gasteiger partial charge in [-0.25, -0.2) is 0 Å². The molecule has 2 heterocycles. The van der Waals surface area contributed by atoms with E-state index < -0.39 is 5.91 Å². The van der Waals surface area contributed by atoms with Gasteiger partial charge in [-0.15, -0.1) is 10.2 Å². The third-order valence-electron chi connectivity index (χ3n) is 5.62. The number of para-hydroxylation sites is 1. The Kier molecular flexibility index (Phi) is 6.99. The fourth-order valence-corrected chi connectivity index (χ4v) is 3.84. The van der Waals surface area contributed by atoms with Gasteiger partial charge in [-0.05, 0) is 68.8 Å². The normalized spacial score (nSPS) is 14.9. The SMILES string of the molecule is COc1ccc(/C(C)=N\OCC(=O)N=Nc2c(O)n(CN3CCCC3)c3ccccc23)cc1. The number of aromatic hydroxyl groups is 1. The smallest absolute Gasteiger partial charge is 0.304 e. The molecule has 3 aromatic rings. The van der Waals surface area contributed by atoms with Crippen molar-refractivity contribution in [1.82, 2.24) is 9.47 Å². The predicted molar refractivity (Wildman–Crippen MR) is 125 cm³/mol. The van der Waals surface area contributed by atoms with Crippen LogP contribution in [0.5, 0.6) is 11.6 Å². The van der Waals surface area contributed by atoms with Crippen molar-refractivity contribution in [3.8, 4) is 11.6 Å². The molecular weight excluding hydrogens is 422 g/mol. The number of amides is 1. The van der Waals surface area contributed by atoms with Crippen molar-refractivity contribution in [2.75, 3.05) is 26.8 Å². The molecule has 1 aromatic heterocycles. The van der Waals surface area contributed by atoms with E-state index in [0.29, 0.717) is 12.4 Å². The molecule has 9 nitrogen and oxygen atoms in total. The van der Waals surface area contributed by atoms with Crippen molar-refractivity contribution < 1.29 is 19.5 Å². The number of hydrogen-bond acceptors (Lipinski definition) is 7. The quantitative estimate of drug-likeness (QED) is 0.311. The highest BCUT2D eigenvalue weighted by atomic mass is 16.6. The molecular formula is C24H27N5O4. The summed E-state index contributed by atoms with van der Waals surface area (Å²) in [6, 6.07) is 14.9. The van der Waals surface area contributed by atoms with Crippen molar-refractivity contribution in [3.05, 3.63) is 54.1 Å². The standard InChI is InChI=1S/C24H27N5O4/c1-17(18-9-11-19(32-2)12-10-18)27-33-15-22(30)25-26-23-20-7-3-4-8-21(20)29(24(23)31)16-28-13-5-6-14-28/h3-4,7-12,31H,5-6,13-16H2,1-2H3/b26-25?,27-17-. The number of rotatable bonds is 8. The maximum atomic E-state index is 12.2. The largest absolute Gasteiger partial charge is 0.497 e. The lowest BCUT2D eigenvalue weighted by Crippen LogP contribution is -2.22. The van der Waals surface area contributed by atoms with Crippen molar-refractivity contribution in [1.29, 1.82) is 0 Å². The maximum Gasteiger partial charge on any atom is 0.304 e. The number of nitrogens with zero attached hydrogens (tertiary/aromatic N) is 5. The number of likely N-dealkylation sites (tertiary alicyclic amines) is 1. The van der Waals surface area contributed by atoms with Gasteiger partial charge in [0.15, 0.2) is 12.3 Å². The minimum atomic E-state index is -0.600. The summed E-state index contributed by atoms with van der Waals surface area (Å²) in [6.45, 7) is 3.98. The molecule has 1 fully saturated rings. The van der Waals surface area contributed by atoms with Gasteiger partial charge in [-0.2, -0.15) is 0 Å². The number of methoxy groups -OCH3 is 1. The Bertz CT molecular complexity index is 1180. The molecule has 9 heteroatoms. The van der Waals surface area contributed by atoms with Gasteiger partial charge in [0.1, 0.15) is 5.75 Å². The average molecular weight is 450 g/mol. The van der Waals surface area contributed by atoms with Gasteiger partial charge in [-0.1, -0.05) is 23.4 Å². The number of benzene rings is 2. The average Bonchev–Trinajstić information content (AvgIpc) is 3.45. The Hall–Kier alpha value is -3.72. The van der Waals surface area contributed by atoms with Crippen LogP contribution in [0.25, 0.3) is 10.9 Å². The summed E-state index contributed by atoms with van der Waals surface area (Å²) in [5.41, 5.74) is 2.58. The van der Waals surface area contributed by atoms with E-state index in [1.165, 1.54) is 0 Å². The molecule has 1 aliphatic heterocycles. The van der Waals surface area contributed by atoms with E-state index >= 15 is 0 Å². The van der Waals surface area contributed by atoms with E-state index in [9.17, 15) is 9.90 Å². The molecule has 4 rings (SSSR count). The van der Waals surface area contributed by atoms with Crippen LogP contribution in [0.3, 0.4) is 0 Å². The molecule has 0 radical (unpaired) electrons. The summed E-state index contributed by atoms with van der Waals surface area (Å²) in [5, 5.41) is 23.3. The second-order valence-electron chi connectivity index (χ2n) is 7.86. The van der Waals surface area contributed by atoms with Crippen molar-refractivity contribution in [3.63, 3.8) is 0 Å². The van der Waals surface area contributed by atoms with Gasteiger partial charge in [0.05, 0.1) is 25.0 Å². The Balaban J connectivity index is 1.43. The highest BCUT2D eigenvalue weighted by Crippen LogP contribution is 2.39. The predicted octanol–water partition coefficient (Wildman–Crippen LogP) is 4.46. The van der Waals surface area contributed by atoms with Crippen LogP contribution in [0.2, 0.25) is 0 Å². The number of ether oxygens (including phenoxy) is 1. The molecule has 1 amide bonds. The zero-order chi connectivity index (χ0) is 23.2. The molecule has 0 unspecified atom stereocenters. The van der Waals surface area contributed by atoms with Crippen LogP contribution >= 0.6 is 0 Å². The number of carbonyl (C=O) groups excluding carboxylic acids is 1. The highest BCUT2D eigenvalue weighted by Gasteiger charge is 2.20. The maximum absolute atomic E-state index is 12.2. The van der Waals surface area contributed by atoms with E-state index in [1.807, 2.05) is 48.5 Å². The lowest BCUT2D eigenvalue weighted by molar-refractivity contribution is -0.122. The number of aromatic nitrogens is 1. The number of azo groups is 1. The second-order valence-corrected chi connectivity index (χ2v) is 7.86. The first kappa shape index (κ1) is 22.5. The van der Waals surface area contributed by atoms with Gasteiger partial charge in [0.25, 0.3) is 0 Å². The summed E-state index contributed by atoms with van der Waals surface area (Å²) in [6.07, 6.45) is 2.31. The number of carbonyl (C=O) groups is 1. The molecule has 0 saturated carbocycles. The Morgan fingerprint density at radius 3 is 2.55 bits per heavy atom. The van der Waals surface area contributed by atoms with Crippen LogP contribution < -0.4 is 4.74 Å². The summed E-state index contributed by atoms with van der Waals surface area (Å²) < 4.78 is 6.94. The number of oxime groups is 1. The van der Waals surface area contributed by atoms with E-state index in [1.54, 1.807) is 18.6 Å². The number of fused-ring (bicyclic) bond motifs is 1. The van der Waals surface area contributed by atoms with Crippen LogP contribution in [0, 0.1) is 0 Å². The fraction of sp³-hybridized carbons (Fsp3) is 0.333. The summed E-state index contributed by atoms with van der Waals surface area (Å²) in [5.74, 6) is 0.138. The van der Waals surface area contributed by atoms with Gasteiger partial charge in [0, 0.05) is 5.39 Å². The van der Waals surface area contributed by atoms with Crippen LogP contribution in [-0.2, 0) is 16.3 Å². The lowest BCUT2D eigenvalue weighted by atomic mass is 10.1. The number of hydrogen-bond donors (Lipinski definition) is 1. The molecule has 0 bridgehead atoms. The van der Waals surface area contributed by atoms with Crippen LogP contribution in [0.15, 0.2) is 63.9 Å². The minimum absolute atomic E-state index is 0.00561. The third kappa shape index (κ3) is 5.20. The molecule has 1 N–H and O–H groups in total. The lowest BCUT2D eigenvalue weighted by Gasteiger charge is -2.17. The summed E-state index contributed by atoms with van der Waals surface area (Å²) >= 11 is 0. The van der Waals surface area contributed by atoms with Gasteiger partial charge in [0.2, 0.25) is 5.88 Å². The zero-order valence-electron chi connectivity index (χ0n) is 18.8. The summed E-state index contributed by atoms with van der Waals surface area (Å²) in [7, 11) is 1.60. The van der Waals surface area contributed by atoms with Gasteiger partial charge in [-0.3, -0.25) is 14.3 Å². The molecule has 0 atom stereocenters. The topological polar surface area (TPSA) is 101 Å². The first-order valence-electron chi connectivity index (χ1n) is 10.8. The second kappa shape index (κ2) is 10.3. The van der Waals surface area contributed by atoms with Crippen molar-refractivity contribution in [2.24, 2.45) is 15.4 Å². The molecule has 0 aliphatic carbocycles. The monoisotopic (exact) mass is 449 g/mol. The Morgan fingerprint density at radius 2 is 1.82 bits per heavy atom. The molecule has 2 aromatic carbocycles. The third-order valence-corrected chi connectivity index (χ3v) is 5.62. The molecule has 1 aliphatic rings. The fourth-order valence-electron chi connectivity index (χ4n) is 3.84. The Morgan fingerprint density at radius 1 is 1.09 bits per heavy atom. The van der Waals surface area contributed by atoms with Crippen LogP contribution in [0.4, 0.5) is 5.69 Å². The summed E-state index contributed by atoms with van der Waals surface area (Å²) in [4.78, 5) is 19.6. The van der Waals surface area contributed by atoms with Crippen LogP contribution in [-0.4, -0.2) is 53.0 Å². The first-order valence-corrected chi connectivity index (χ1v) is 10.8. The van der Waals surface area contributed by atoms with E-state index in [0.717, 1.165) is 48.1 Å². The van der Waals surface area contributed by atoms with E-state index in [2.05, 4.69) is 20.3 Å². The van der Waals surface area contributed by atoms with Crippen molar-refractivity contribution in [2.45, 2.75) is 26.4 Å². The molecule has 0 spiro atoms. The van der Waals surface area contributed by atoms with Gasteiger partial charge < -0.3 is 14.7 Å².